The summed E-state index contributed by atoms with van der Waals surface area (Å²) in [5.41, 5.74) is 1.45. The third-order valence-corrected chi connectivity index (χ3v) is 4.62. The van der Waals surface area contributed by atoms with Crippen molar-refractivity contribution in [3.8, 4) is 0 Å². The van der Waals surface area contributed by atoms with E-state index in [-0.39, 0.29) is 17.2 Å². The van der Waals surface area contributed by atoms with Crippen LogP contribution in [0.1, 0.15) is 61.6 Å². The van der Waals surface area contributed by atoms with Crippen LogP contribution in [0.15, 0.2) is 16.1 Å². The van der Waals surface area contributed by atoms with Gasteiger partial charge in [0.2, 0.25) is 0 Å². The molecule has 0 saturated carbocycles. The zero-order valence-corrected chi connectivity index (χ0v) is 15.1. The molecule has 0 spiro atoms. The first-order valence-corrected chi connectivity index (χ1v) is 9.07. The zero-order chi connectivity index (χ0) is 17.2. The highest BCUT2D eigenvalue weighted by Gasteiger charge is 2.23. The standard InChI is InChI=1S/C17H23N3O3S/c1-17(2,3)8-12-10-24-16(18-12)20-14(21)13-9-23-15(19-13)11-4-6-22-7-5-11/h9-11H,4-8H2,1-3H3,(H,18,20,21). The summed E-state index contributed by atoms with van der Waals surface area (Å²) in [5.74, 6) is 0.572. The Hall–Kier alpha value is -1.73. The molecule has 3 heterocycles. The second-order valence-electron chi connectivity index (χ2n) is 7.29. The number of nitrogens with one attached hydrogen (secondary N) is 1. The summed E-state index contributed by atoms with van der Waals surface area (Å²) in [4.78, 5) is 21.1. The van der Waals surface area contributed by atoms with Gasteiger partial charge in [0, 0.05) is 24.5 Å². The van der Waals surface area contributed by atoms with Gasteiger partial charge in [-0.05, 0) is 24.7 Å². The van der Waals surface area contributed by atoms with E-state index in [4.69, 9.17) is 9.15 Å². The number of thiazole rings is 1. The molecule has 1 N–H and O–H groups in total. The van der Waals surface area contributed by atoms with Gasteiger partial charge < -0.3 is 9.15 Å². The Bertz CT molecular complexity index is 696. The highest BCUT2D eigenvalue weighted by Crippen LogP contribution is 2.27. The van der Waals surface area contributed by atoms with E-state index in [1.807, 2.05) is 5.38 Å². The van der Waals surface area contributed by atoms with E-state index in [1.165, 1.54) is 17.6 Å². The van der Waals surface area contributed by atoms with Crippen molar-refractivity contribution in [2.45, 2.75) is 46.0 Å². The molecular weight excluding hydrogens is 326 g/mol. The van der Waals surface area contributed by atoms with Gasteiger partial charge in [0.25, 0.3) is 5.91 Å². The summed E-state index contributed by atoms with van der Waals surface area (Å²) < 4.78 is 10.8. The lowest BCUT2D eigenvalue weighted by Gasteiger charge is -2.18. The molecule has 1 aliphatic heterocycles. The summed E-state index contributed by atoms with van der Waals surface area (Å²) >= 11 is 1.43. The molecule has 0 atom stereocenters. The number of carbonyl (C=O) groups excluding carboxylic acids is 1. The molecule has 1 fully saturated rings. The molecule has 1 amide bonds. The normalized spacial score (nSPS) is 16.3. The van der Waals surface area contributed by atoms with Crippen LogP contribution in [0.25, 0.3) is 0 Å². The highest BCUT2D eigenvalue weighted by molar-refractivity contribution is 7.13. The quantitative estimate of drug-likeness (QED) is 0.907. The second kappa shape index (κ2) is 7.03. The predicted molar refractivity (Wildman–Crippen MR) is 92.5 cm³/mol. The Labute approximate surface area is 145 Å². The fourth-order valence-corrected chi connectivity index (χ4v) is 3.38. The number of oxazole rings is 1. The Kier molecular flexibility index (Phi) is 5.01. The topological polar surface area (TPSA) is 77.2 Å². The van der Waals surface area contributed by atoms with E-state index in [1.54, 1.807) is 0 Å². The van der Waals surface area contributed by atoms with E-state index >= 15 is 0 Å². The number of carbonyl (C=O) groups is 1. The Balaban J connectivity index is 1.62. The van der Waals surface area contributed by atoms with Crippen LogP contribution in [0.2, 0.25) is 0 Å². The fraction of sp³-hybridized carbons (Fsp3) is 0.588. The van der Waals surface area contributed by atoms with Gasteiger partial charge in [-0.3, -0.25) is 10.1 Å². The zero-order valence-electron chi connectivity index (χ0n) is 14.3. The van der Waals surface area contributed by atoms with Crippen molar-refractivity contribution in [1.82, 2.24) is 9.97 Å². The van der Waals surface area contributed by atoms with Crippen LogP contribution in [-0.4, -0.2) is 29.1 Å². The van der Waals surface area contributed by atoms with E-state index < -0.39 is 0 Å². The average molecular weight is 349 g/mol. The SMILES string of the molecule is CC(C)(C)Cc1csc(NC(=O)c2coc(C3CCOCC3)n2)n1. The molecule has 0 aliphatic carbocycles. The maximum absolute atomic E-state index is 12.3. The number of hydrogen-bond acceptors (Lipinski definition) is 6. The molecule has 1 saturated heterocycles. The maximum Gasteiger partial charge on any atom is 0.279 e. The molecule has 24 heavy (non-hydrogen) atoms. The lowest BCUT2D eigenvalue weighted by atomic mass is 9.91. The van der Waals surface area contributed by atoms with Gasteiger partial charge in [-0.1, -0.05) is 20.8 Å². The lowest BCUT2D eigenvalue weighted by Crippen LogP contribution is -2.16. The molecule has 1 aliphatic rings. The molecule has 6 nitrogen and oxygen atoms in total. The second-order valence-corrected chi connectivity index (χ2v) is 8.15. The lowest BCUT2D eigenvalue weighted by molar-refractivity contribution is 0.0794. The van der Waals surface area contributed by atoms with E-state index in [0.29, 0.717) is 29.9 Å². The van der Waals surface area contributed by atoms with E-state index in [0.717, 1.165) is 25.0 Å². The van der Waals surface area contributed by atoms with Crippen LogP contribution in [0.5, 0.6) is 0 Å². The fourth-order valence-electron chi connectivity index (χ4n) is 2.67. The Morgan fingerprint density at radius 1 is 1.33 bits per heavy atom. The minimum absolute atomic E-state index is 0.167. The Morgan fingerprint density at radius 3 is 2.79 bits per heavy atom. The van der Waals surface area contributed by atoms with Crippen LogP contribution in [0, 0.1) is 5.41 Å². The van der Waals surface area contributed by atoms with Gasteiger partial charge in [0.1, 0.15) is 6.26 Å². The number of rotatable bonds is 4. The van der Waals surface area contributed by atoms with Crippen LogP contribution in [-0.2, 0) is 11.2 Å². The first-order valence-electron chi connectivity index (χ1n) is 8.20. The third-order valence-electron chi connectivity index (χ3n) is 3.81. The Morgan fingerprint density at radius 2 is 2.08 bits per heavy atom. The van der Waals surface area contributed by atoms with Crippen LogP contribution in [0.3, 0.4) is 0 Å². The van der Waals surface area contributed by atoms with Gasteiger partial charge in [-0.25, -0.2) is 9.97 Å². The van der Waals surface area contributed by atoms with Gasteiger partial charge in [-0.15, -0.1) is 11.3 Å². The van der Waals surface area contributed by atoms with Crippen LogP contribution < -0.4 is 5.32 Å². The minimum Gasteiger partial charge on any atom is -0.448 e. The maximum atomic E-state index is 12.3. The van der Waals surface area contributed by atoms with Gasteiger partial charge in [0.15, 0.2) is 16.7 Å². The smallest absolute Gasteiger partial charge is 0.279 e. The van der Waals surface area contributed by atoms with Crippen molar-refractivity contribution >= 4 is 22.4 Å². The third kappa shape index (κ3) is 4.42. The monoisotopic (exact) mass is 349 g/mol. The molecule has 3 rings (SSSR count). The average Bonchev–Trinajstić information content (AvgIpc) is 3.16. The molecule has 0 aromatic carbocycles. The summed E-state index contributed by atoms with van der Waals surface area (Å²) in [5, 5.41) is 5.38. The van der Waals surface area contributed by atoms with Gasteiger partial charge in [-0.2, -0.15) is 0 Å². The molecule has 2 aromatic rings. The van der Waals surface area contributed by atoms with E-state index in [2.05, 4.69) is 36.1 Å². The molecule has 0 radical (unpaired) electrons. The number of aromatic nitrogens is 2. The highest BCUT2D eigenvalue weighted by atomic mass is 32.1. The number of ether oxygens (including phenoxy) is 1. The number of amides is 1. The molecular formula is C17H23N3O3S. The van der Waals surface area contributed by atoms with E-state index in [9.17, 15) is 4.79 Å². The molecule has 0 bridgehead atoms. The van der Waals surface area contributed by atoms with Crippen molar-refractivity contribution in [3.05, 3.63) is 28.9 Å². The van der Waals surface area contributed by atoms with Crippen molar-refractivity contribution < 1.29 is 13.9 Å². The van der Waals surface area contributed by atoms with Gasteiger partial charge >= 0.3 is 0 Å². The largest absolute Gasteiger partial charge is 0.448 e. The van der Waals surface area contributed by atoms with Gasteiger partial charge in [0.05, 0.1) is 5.69 Å². The minimum atomic E-state index is -0.284. The van der Waals surface area contributed by atoms with Crippen molar-refractivity contribution in [2.75, 3.05) is 18.5 Å². The van der Waals surface area contributed by atoms with Crippen LogP contribution in [0.4, 0.5) is 5.13 Å². The molecule has 0 unspecified atom stereocenters. The van der Waals surface area contributed by atoms with Crippen molar-refractivity contribution in [2.24, 2.45) is 5.41 Å². The molecule has 2 aromatic heterocycles. The summed E-state index contributed by atoms with van der Waals surface area (Å²) in [7, 11) is 0. The summed E-state index contributed by atoms with van der Waals surface area (Å²) in [6.45, 7) is 7.92. The molecule has 7 heteroatoms. The number of nitrogens with zero attached hydrogens (tertiary/aromatic N) is 2. The van der Waals surface area contributed by atoms with Crippen LogP contribution >= 0.6 is 11.3 Å². The summed E-state index contributed by atoms with van der Waals surface area (Å²) in [6, 6.07) is 0. The van der Waals surface area contributed by atoms with Crippen molar-refractivity contribution in [3.63, 3.8) is 0 Å². The summed E-state index contributed by atoms with van der Waals surface area (Å²) in [6.07, 6.45) is 4.05. The first-order chi connectivity index (χ1) is 11.4. The first kappa shape index (κ1) is 17.1. The predicted octanol–water partition coefficient (Wildman–Crippen LogP) is 3.87. The number of hydrogen-bond donors (Lipinski definition) is 1. The number of anilines is 1. The van der Waals surface area contributed by atoms with Crippen molar-refractivity contribution in [1.29, 1.82) is 0 Å². The molecule has 130 valence electrons.